The third-order valence-corrected chi connectivity index (χ3v) is 5.97. The quantitative estimate of drug-likeness (QED) is 0.381. The van der Waals surface area contributed by atoms with Gasteiger partial charge < -0.3 is 9.13 Å². The van der Waals surface area contributed by atoms with E-state index in [1.807, 2.05) is 48.2 Å². The number of ketones is 1. The van der Waals surface area contributed by atoms with Crippen molar-refractivity contribution in [2.75, 3.05) is 0 Å². The molecule has 0 aliphatic heterocycles. The number of aromatic nitrogens is 6. The van der Waals surface area contributed by atoms with Crippen LogP contribution in [-0.2, 0) is 6.42 Å². The van der Waals surface area contributed by atoms with Crippen LogP contribution >= 0.6 is 0 Å². The van der Waals surface area contributed by atoms with Gasteiger partial charge in [0.1, 0.15) is 17.8 Å². The Bertz CT molecular complexity index is 1330. The standard InChI is InChI=1S/C25H25FN6O/c1-15(2)32-14-28-30-25(32)21-6-4-5-18(29-21)10-24(33)19-11-23(16(3)9-20(19)26)31-12-22(27-13-31)17-7-8-17/h4-6,9,11-15,17H,7-8,10H2,1-3H3. The smallest absolute Gasteiger partial charge is 0.182 e. The van der Waals surface area contributed by atoms with Gasteiger partial charge in [0, 0.05) is 23.9 Å². The molecule has 3 aromatic heterocycles. The molecule has 1 aromatic carbocycles. The van der Waals surface area contributed by atoms with E-state index in [2.05, 4.69) is 20.2 Å². The van der Waals surface area contributed by atoms with E-state index in [1.54, 1.807) is 24.8 Å². The number of halogens is 1. The summed E-state index contributed by atoms with van der Waals surface area (Å²) in [6, 6.07) is 8.62. The number of hydrogen-bond acceptors (Lipinski definition) is 5. The maximum Gasteiger partial charge on any atom is 0.182 e. The first-order chi connectivity index (χ1) is 15.9. The van der Waals surface area contributed by atoms with Crippen molar-refractivity contribution >= 4 is 5.78 Å². The number of imidazole rings is 1. The molecule has 0 radical (unpaired) electrons. The van der Waals surface area contributed by atoms with Gasteiger partial charge >= 0.3 is 0 Å². The number of Topliss-reactive ketones (excluding diaryl/α,β-unsaturated/α-hetero) is 1. The maximum atomic E-state index is 14.8. The molecule has 7 nitrogen and oxygen atoms in total. The van der Waals surface area contributed by atoms with Gasteiger partial charge in [-0.2, -0.15) is 0 Å². The molecule has 8 heteroatoms. The second-order valence-electron chi connectivity index (χ2n) is 8.87. The third-order valence-electron chi connectivity index (χ3n) is 5.97. The fourth-order valence-electron chi connectivity index (χ4n) is 3.98. The predicted molar refractivity (Wildman–Crippen MR) is 122 cm³/mol. The molecule has 3 heterocycles. The van der Waals surface area contributed by atoms with Crippen LogP contribution in [-0.4, -0.2) is 35.1 Å². The monoisotopic (exact) mass is 444 g/mol. The van der Waals surface area contributed by atoms with E-state index in [0.29, 0.717) is 23.1 Å². The number of hydrogen-bond donors (Lipinski definition) is 0. The number of rotatable bonds is 7. The molecule has 1 saturated carbocycles. The van der Waals surface area contributed by atoms with Gasteiger partial charge in [0.25, 0.3) is 0 Å². The van der Waals surface area contributed by atoms with Gasteiger partial charge in [-0.05, 0) is 63.4 Å². The van der Waals surface area contributed by atoms with Crippen molar-refractivity contribution in [3.8, 4) is 17.2 Å². The molecule has 33 heavy (non-hydrogen) atoms. The Morgan fingerprint density at radius 2 is 2.03 bits per heavy atom. The van der Waals surface area contributed by atoms with E-state index in [9.17, 15) is 9.18 Å². The zero-order chi connectivity index (χ0) is 23.1. The summed E-state index contributed by atoms with van der Waals surface area (Å²) in [5, 5.41) is 8.15. The van der Waals surface area contributed by atoms with Crippen molar-refractivity contribution < 1.29 is 9.18 Å². The molecular formula is C25H25FN6O. The zero-order valence-electron chi connectivity index (χ0n) is 18.9. The van der Waals surface area contributed by atoms with Gasteiger partial charge in [0.2, 0.25) is 0 Å². The summed E-state index contributed by atoms with van der Waals surface area (Å²) in [5.41, 5.74) is 3.78. The normalized spacial score (nSPS) is 13.6. The average Bonchev–Trinajstić information content (AvgIpc) is 3.31. The van der Waals surface area contributed by atoms with Crippen molar-refractivity contribution in [2.45, 2.75) is 52.0 Å². The number of benzene rings is 1. The van der Waals surface area contributed by atoms with Gasteiger partial charge in [0.05, 0.1) is 29.7 Å². The summed E-state index contributed by atoms with van der Waals surface area (Å²) in [4.78, 5) is 22.2. The molecule has 0 atom stereocenters. The largest absolute Gasteiger partial charge is 0.310 e. The minimum atomic E-state index is -0.528. The highest BCUT2D eigenvalue weighted by Crippen LogP contribution is 2.39. The fourth-order valence-corrected chi connectivity index (χ4v) is 3.98. The molecule has 5 rings (SSSR count). The fraction of sp³-hybridized carbons (Fsp3) is 0.320. The maximum absolute atomic E-state index is 14.8. The zero-order valence-corrected chi connectivity index (χ0v) is 18.9. The summed E-state index contributed by atoms with van der Waals surface area (Å²) >= 11 is 0. The molecule has 4 aromatic rings. The van der Waals surface area contributed by atoms with Crippen molar-refractivity contribution in [2.24, 2.45) is 0 Å². The highest BCUT2D eigenvalue weighted by molar-refractivity contribution is 5.98. The molecule has 0 bridgehead atoms. The number of nitrogens with zero attached hydrogens (tertiary/aromatic N) is 6. The van der Waals surface area contributed by atoms with Gasteiger partial charge in [0.15, 0.2) is 11.6 Å². The Kier molecular flexibility index (Phi) is 5.36. The van der Waals surface area contributed by atoms with E-state index < -0.39 is 5.82 Å². The van der Waals surface area contributed by atoms with Gasteiger partial charge in [-0.25, -0.2) is 14.4 Å². The molecule has 1 fully saturated rings. The van der Waals surface area contributed by atoms with E-state index in [4.69, 9.17) is 0 Å². The molecule has 1 aliphatic rings. The molecule has 0 saturated heterocycles. The summed E-state index contributed by atoms with van der Waals surface area (Å²) in [6.45, 7) is 5.90. The average molecular weight is 445 g/mol. The van der Waals surface area contributed by atoms with Crippen molar-refractivity contribution in [3.05, 3.63) is 77.5 Å². The minimum Gasteiger partial charge on any atom is -0.310 e. The van der Waals surface area contributed by atoms with Crippen molar-refractivity contribution in [3.63, 3.8) is 0 Å². The lowest BCUT2D eigenvalue weighted by Crippen LogP contribution is -2.10. The Morgan fingerprint density at radius 1 is 1.21 bits per heavy atom. The highest BCUT2D eigenvalue weighted by Gasteiger charge is 2.26. The number of pyridine rings is 1. The first-order valence-electron chi connectivity index (χ1n) is 11.1. The lowest BCUT2D eigenvalue weighted by Gasteiger charge is -2.12. The van der Waals surface area contributed by atoms with Crippen LogP contribution < -0.4 is 0 Å². The summed E-state index contributed by atoms with van der Waals surface area (Å²) in [6.07, 6.45) is 7.67. The summed E-state index contributed by atoms with van der Waals surface area (Å²) in [5.74, 6) is 0.299. The molecule has 168 valence electrons. The molecule has 0 N–H and O–H groups in total. The second kappa shape index (κ2) is 8.35. The highest BCUT2D eigenvalue weighted by atomic mass is 19.1. The van der Waals surface area contributed by atoms with Crippen LogP contribution in [0.2, 0.25) is 0 Å². The Labute approximate surface area is 191 Å². The first-order valence-corrected chi connectivity index (χ1v) is 11.1. The third kappa shape index (κ3) is 4.20. The predicted octanol–water partition coefficient (Wildman–Crippen LogP) is 4.86. The lowest BCUT2D eigenvalue weighted by molar-refractivity contribution is 0.0988. The minimum absolute atomic E-state index is 0.0136. The Balaban J connectivity index is 1.42. The molecule has 1 aliphatic carbocycles. The van der Waals surface area contributed by atoms with Crippen molar-refractivity contribution in [1.82, 2.24) is 29.3 Å². The Hall–Kier alpha value is -3.68. The lowest BCUT2D eigenvalue weighted by atomic mass is 10.0. The van der Waals surface area contributed by atoms with Crippen LogP contribution in [0.25, 0.3) is 17.2 Å². The van der Waals surface area contributed by atoms with Gasteiger partial charge in [-0.3, -0.25) is 4.79 Å². The molecular weight excluding hydrogens is 419 g/mol. The van der Waals surface area contributed by atoms with E-state index in [-0.39, 0.29) is 23.8 Å². The second-order valence-corrected chi connectivity index (χ2v) is 8.87. The van der Waals surface area contributed by atoms with E-state index >= 15 is 0 Å². The topological polar surface area (TPSA) is 78.5 Å². The van der Waals surface area contributed by atoms with Crippen LogP contribution in [0, 0.1) is 12.7 Å². The van der Waals surface area contributed by atoms with Crippen LogP contribution in [0.5, 0.6) is 0 Å². The van der Waals surface area contributed by atoms with Crippen LogP contribution in [0.3, 0.4) is 0 Å². The number of aryl methyl sites for hydroxylation is 1. The Morgan fingerprint density at radius 3 is 2.79 bits per heavy atom. The number of carbonyl (C=O) groups is 1. The van der Waals surface area contributed by atoms with Crippen LogP contribution in [0.15, 0.2) is 49.2 Å². The molecule has 0 unspecified atom stereocenters. The van der Waals surface area contributed by atoms with E-state index in [1.165, 1.54) is 6.07 Å². The molecule has 0 spiro atoms. The van der Waals surface area contributed by atoms with Crippen molar-refractivity contribution in [1.29, 1.82) is 0 Å². The SMILES string of the molecule is Cc1cc(F)c(C(=O)Cc2cccc(-c3nncn3C(C)C)n2)cc1-n1cnc(C2CC2)c1. The number of carbonyl (C=O) groups excluding carboxylic acids is 1. The van der Waals surface area contributed by atoms with Crippen LogP contribution in [0.4, 0.5) is 4.39 Å². The van der Waals surface area contributed by atoms with Gasteiger partial charge in [-0.15, -0.1) is 10.2 Å². The first kappa shape index (κ1) is 21.2. The summed E-state index contributed by atoms with van der Waals surface area (Å²) in [7, 11) is 0. The molecule has 0 amide bonds. The van der Waals surface area contributed by atoms with Gasteiger partial charge in [-0.1, -0.05) is 6.07 Å². The van der Waals surface area contributed by atoms with E-state index in [0.717, 1.165) is 29.8 Å². The van der Waals surface area contributed by atoms with Crippen LogP contribution in [0.1, 0.15) is 66.0 Å². The summed E-state index contributed by atoms with van der Waals surface area (Å²) < 4.78 is 18.6.